The van der Waals surface area contributed by atoms with Gasteiger partial charge < -0.3 is 15.2 Å². The first-order valence-corrected chi connectivity index (χ1v) is 12.7. The number of anilines is 2. The predicted octanol–water partition coefficient (Wildman–Crippen LogP) is 4.84. The van der Waals surface area contributed by atoms with Gasteiger partial charge in [0, 0.05) is 60.6 Å². The summed E-state index contributed by atoms with van der Waals surface area (Å²) in [5.41, 5.74) is 5.05. The van der Waals surface area contributed by atoms with Gasteiger partial charge in [0.05, 0.1) is 12.1 Å². The van der Waals surface area contributed by atoms with E-state index < -0.39 is 0 Å². The van der Waals surface area contributed by atoms with Crippen molar-refractivity contribution < 1.29 is 4.79 Å². The molecular weight excluding hydrogens is 408 g/mol. The number of carbonyl (C=O) groups excluding carboxylic acids is 1. The summed E-state index contributed by atoms with van der Waals surface area (Å²) < 4.78 is 0. The first-order valence-electron chi connectivity index (χ1n) is 12.7. The minimum atomic E-state index is -0.0364. The molecule has 0 bridgehead atoms. The molecule has 5 heteroatoms. The molecule has 33 heavy (non-hydrogen) atoms. The minimum Gasteiger partial charge on any atom is -0.380 e. The first-order chi connectivity index (χ1) is 16.3. The van der Waals surface area contributed by atoms with E-state index in [1.165, 1.54) is 47.1 Å². The Labute approximate surface area is 196 Å². The van der Waals surface area contributed by atoms with Gasteiger partial charge in [-0.25, -0.2) is 0 Å². The molecule has 172 valence electrons. The van der Waals surface area contributed by atoms with E-state index in [1.54, 1.807) is 0 Å². The molecule has 2 atom stereocenters. The molecule has 6 rings (SSSR count). The van der Waals surface area contributed by atoms with E-state index in [1.807, 2.05) is 6.20 Å². The molecule has 3 aromatic rings. The zero-order valence-electron chi connectivity index (χ0n) is 19.3. The van der Waals surface area contributed by atoms with Crippen LogP contribution in [-0.4, -0.2) is 53.9 Å². The maximum absolute atomic E-state index is 13.9. The Balaban J connectivity index is 1.22. The Morgan fingerprint density at radius 1 is 0.909 bits per heavy atom. The molecule has 0 spiro atoms. The van der Waals surface area contributed by atoms with Crippen LogP contribution in [0.5, 0.6) is 0 Å². The van der Waals surface area contributed by atoms with Crippen LogP contribution < -0.4 is 10.2 Å². The Kier molecular flexibility index (Phi) is 5.58. The molecule has 2 fully saturated rings. The van der Waals surface area contributed by atoms with Crippen molar-refractivity contribution in [3.05, 3.63) is 60.3 Å². The standard InChI is InChI=1S/C28H34N4O/c33-28(20-7-2-1-3-8-20)27(25-19-21-9-4-5-10-23(21)30-25)32-17-15-31(16-18-32)26-12-6-11-24-22(26)13-14-29-24/h4-6,9-14,20,25,27,29-30H,1-3,7-8,15-19H2. The monoisotopic (exact) mass is 442 g/mol. The lowest BCUT2D eigenvalue weighted by Crippen LogP contribution is -2.59. The number of hydrogen-bond acceptors (Lipinski definition) is 4. The van der Waals surface area contributed by atoms with E-state index in [2.05, 4.69) is 68.6 Å². The van der Waals surface area contributed by atoms with Crippen LogP contribution in [0.1, 0.15) is 37.7 Å². The quantitative estimate of drug-likeness (QED) is 0.593. The van der Waals surface area contributed by atoms with Gasteiger partial charge in [-0.1, -0.05) is 43.5 Å². The van der Waals surface area contributed by atoms with Gasteiger partial charge in [-0.05, 0) is 49.1 Å². The highest BCUT2D eigenvalue weighted by atomic mass is 16.1. The summed E-state index contributed by atoms with van der Waals surface area (Å²) >= 11 is 0. The van der Waals surface area contributed by atoms with Crippen molar-refractivity contribution in [2.45, 2.75) is 50.6 Å². The molecule has 2 aliphatic heterocycles. The van der Waals surface area contributed by atoms with Crippen LogP contribution >= 0.6 is 0 Å². The predicted molar refractivity (Wildman–Crippen MR) is 135 cm³/mol. The van der Waals surface area contributed by atoms with Gasteiger partial charge in [-0.3, -0.25) is 9.69 Å². The summed E-state index contributed by atoms with van der Waals surface area (Å²) in [7, 11) is 0. The summed E-state index contributed by atoms with van der Waals surface area (Å²) in [6, 6.07) is 17.4. The summed E-state index contributed by atoms with van der Waals surface area (Å²) in [6.07, 6.45) is 8.81. The Morgan fingerprint density at radius 2 is 1.73 bits per heavy atom. The second-order valence-electron chi connectivity index (χ2n) is 10.0. The number of ketones is 1. The molecule has 2 N–H and O–H groups in total. The topological polar surface area (TPSA) is 51.4 Å². The average Bonchev–Trinajstić information content (AvgIpc) is 3.52. The van der Waals surface area contributed by atoms with Crippen LogP contribution in [0.15, 0.2) is 54.7 Å². The van der Waals surface area contributed by atoms with E-state index >= 15 is 0 Å². The molecule has 0 radical (unpaired) electrons. The molecule has 3 aliphatic rings. The Hall–Kier alpha value is -2.79. The van der Waals surface area contributed by atoms with Crippen molar-refractivity contribution >= 4 is 28.1 Å². The van der Waals surface area contributed by atoms with Crippen LogP contribution in [0.2, 0.25) is 0 Å². The largest absolute Gasteiger partial charge is 0.380 e. The van der Waals surface area contributed by atoms with Gasteiger partial charge in [0.1, 0.15) is 0 Å². The van der Waals surface area contributed by atoms with Gasteiger partial charge in [-0.2, -0.15) is 0 Å². The lowest BCUT2D eigenvalue weighted by molar-refractivity contribution is -0.130. The normalized spacial score (nSPS) is 22.8. The highest BCUT2D eigenvalue weighted by molar-refractivity contribution is 5.92. The van der Waals surface area contributed by atoms with Crippen LogP contribution in [0.3, 0.4) is 0 Å². The molecule has 3 heterocycles. The van der Waals surface area contributed by atoms with Gasteiger partial charge in [-0.15, -0.1) is 0 Å². The zero-order valence-corrected chi connectivity index (χ0v) is 19.3. The summed E-state index contributed by atoms with van der Waals surface area (Å²) in [5.74, 6) is 0.724. The van der Waals surface area contributed by atoms with E-state index in [0.29, 0.717) is 5.78 Å². The SMILES string of the molecule is O=C(C1CCCCC1)C(C1Cc2ccccc2N1)N1CCN(c2cccc3[nH]ccc23)CC1. The fourth-order valence-corrected chi connectivity index (χ4v) is 6.36. The molecule has 2 aromatic carbocycles. The highest BCUT2D eigenvalue weighted by Crippen LogP contribution is 2.34. The molecule has 2 unspecified atom stereocenters. The number of aromatic amines is 1. The number of benzene rings is 2. The van der Waals surface area contributed by atoms with Crippen molar-refractivity contribution in [3.63, 3.8) is 0 Å². The average molecular weight is 443 g/mol. The van der Waals surface area contributed by atoms with E-state index in [0.717, 1.165) is 45.4 Å². The molecule has 1 saturated carbocycles. The van der Waals surface area contributed by atoms with Crippen molar-refractivity contribution in [1.82, 2.24) is 9.88 Å². The second-order valence-corrected chi connectivity index (χ2v) is 10.0. The second kappa shape index (κ2) is 8.86. The molecule has 5 nitrogen and oxygen atoms in total. The number of fused-ring (bicyclic) bond motifs is 2. The third-order valence-corrected chi connectivity index (χ3v) is 8.10. The maximum atomic E-state index is 13.9. The number of para-hydroxylation sites is 1. The van der Waals surface area contributed by atoms with Crippen molar-refractivity contribution in [2.75, 3.05) is 36.4 Å². The van der Waals surface area contributed by atoms with Gasteiger partial charge in [0.15, 0.2) is 5.78 Å². The Morgan fingerprint density at radius 3 is 2.55 bits per heavy atom. The number of H-pyrrole nitrogens is 1. The van der Waals surface area contributed by atoms with Crippen LogP contribution in [0.4, 0.5) is 11.4 Å². The summed E-state index contributed by atoms with van der Waals surface area (Å²) in [6.45, 7) is 3.77. The molecule has 1 saturated heterocycles. The first kappa shape index (κ1) is 20.8. The fourth-order valence-electron chi connectivity index (χ4n) is 6.36. The lowest BCUT2D eigenvalue weighted by Gasteiger charge is -2.43. The number of nitrogens with one attached hydrogen (secondary N) is 2. The van der Waals surface area contributed by atoms with E-state index in [9.17, 15) is 4.79 Å². The maximum Gasteiger partial charge on any atom is 0.155 e. The number of carbonyl (C=O) groups is 1. The third kappa shape index (κ3) is 3.93. The summed E-state index contributed by atoms with van der Waals surface area (Å²) in [5, 5.41) is 5.02. The third-order valence-electron chi connectivity index (χ3n) is 8.10. The fraction of sp³-hybridized carbons (Fsp3) is 0.464. The molecular formula is C28H34N4O. The number of hydrogen-bond donors (Lipinski definition) is 2. The smallest absolute Gasteiger partial charge is 0.155 e. The van der Waals surface area contributed by atoms with E-state index in [-0.39, 0.29) is 18.0 Å². The molecule has 1 aromatic heterocycles. The van der Waals surface area contributed by atoms with Crippen molar-refractivity contribution in [3.8, 4) is 0 Å². The number of piperazine rings is 1. The van der Waals surface area contributed by atoms with Crippen molar-refractivity contribution in [1.29, 1.82) is 0 Å². The summed E-state index contributed by atoms with van der Waals surface area (Å²) in [4.78, 5) is 22.2. The number of aromatic nitrogens is 1. The number of Topliss-reactive ketones (excluding diaryl/α,β-unsaturated/α-hetero) is 1. The van der Waals surface area contributed by atoms with Gasteiger partial charge in [0.2, 0.25) is 0 Å². The highest BCUT2D eigenvalue weighted by Gasteiger charge is 2.41. The zero-order chi connectivity index (χ0) is 22.2. The number of nitrogens with zero attached hydrogens (tertiary/aromatic N) is 2. The number of rotatable bonds is 5. The van der Waals surface area contributed by atoms with E-state index in [4.69, 9.17) is 0 Å². The minimum absolute atomic E-state index is 0.0364. The van der Waals surface area contributed by atoms with Crippen LogP contribution in [0, 0.1) is 5.92 Å². The van der Waals surface area contributed by atoms with Crippen LogP contribution in [-0.2, 0) is 11.2 Å². The van der Waals surface area contributed by atoms with Gasteiger partial charge in [0.25, 0.3) is 0 Å². The van der Waals surface area contributed by atoms with Gasteiger partial charge >= 0.3 is 0 Å². The van der Waals surface area contributed by atoms with Crippen LogP contribution in [0.25, 0.3) is 10.9 Å². The molecule has 0 amide bonds. The molecule has 1 aliphatic carbocycles. The van der Waals surface area contributed by atoms with Crippen molar-refractivity contribution in [2.24, 2.45) is 5.92 Å². The lowest BCUT2D eigenvalue weighted by atomic mass is 9.81. The Bertz CT molecular complexity index is 1100.